The van der Waals surface area contributed by atoms with Crippen LogP contribution in [0.5, 0.6) is 0 Å². The molecule has 150 valence electrons. The molecule has 1 aromatic carbocycles. The lowest BCUT2D eigenvalue weighted by Crippen LogP contribution is -2.39. The van der Waals surface area contributed by atoms with Gasteiger partial charge in [-0.3, -0.25) is 19.3 Å². The maximum absolute atomic E-state index is 12.6. The van der Waals surface area contributed by atoms with E-state index in [-0.39, 0.29) is 12.5 Å². The average Bonchev–Trinajstić information content (AvgIpc) is 3.27. The first-order chi connectivity index (χ1) is 13.5. The maximum Gasteiger partial charge on any atom is 0.294 e. The van der Waals surface area contributed by atoms with E-state index in [0.29, 0.717) is 11.4 Å². The summed E-state index contributed by atoms with van der Waals surface area (Å²) in [6, 6.07) is 6.10. The molecule has 6 nitrogen and oxygen atoms in total. The summed E-state index contributed by atoms with van der Waals surface area (Å²) in [5.41, 5.74) is 3.27. The Morgan fingerprint density at radius 3 is 2.68 bits per heavy atom. The Kier molecular flexibility index (Phi) is 6.78. The van der Waals surface area contributed by atoms with E-state index in [1.54, 1.807) is 6.08 Å². The molecule has 1 aromatic rings. The van der Waals surface area contributed by atoms with E-state index in [0.717, 1.165) is 53.7 Å². The lowest BCUT2D eigenvalue weighted by atomic mass is 10.1. The monoisotopic (exact) mass is 401 g/mol. The van der Waals surface area contributed by atoms with Gasteiger partial charge in [-0.05, 0) is 67.3 Å². The molecule has 0 unspecified atom stereocenters. The third-order valence-corrected chi connectivity index (χ3v) is 5.90. The number of unbranched alkanes of at least 4 members (excludes halogenated alkanes) is 1. The van der Waals surface area contributed by atoms with Crippen LogP contribution in [-0.2, 0) is 9.59 Å². The number of carbonyl (C=O) groups is 3. The molecule has 2 aliphatic rings. The summed E-state index contributed by atoms with van der Waals surface area (Å²) < 4.78 is 0. The van der Waals surface area contributed by atoms with Gasteiger partial charge in [-0.2, -0.15) is 0 Å². The molecular weight excluding hydrogens is 374 g/mol. The van der Waals surface area contributed by atoms with Crippen molar-refractivity contribution in [2.45, 2.75) is 39.5 Å². The van der Waals surface area contributed by atoms with E-state index in [2.05, 4.69) is 23.2 Å². The molecule has 28 heavy (non-hydrogen) atoms. The minimum Gasteiger partial charge on any atom is -0.371 e. The number of hydrogen-bond donors (Lipinski definition) is 1. The number of rotatable bonds is 7. The number of benzene rings is 1. The molecule has 7 heteroatoms. The molecule has 0 saturated carbocycles. The summed E-state index contributed by atoms with van der Waals surface area (Å²) >= 11 is 0.890. The number of nitrogens with zero attached hydrogens (tertiary/aromatic N) is 2. The Bertz CT molecular complexity index is 800. The standard InChI is InChI=1S/C21H27N3O3S/c1-3-4-9-22-19(25)14-24-20(26)18(28-21(24)27)13-16-7-8-17(15(2)12-16)23-10-5-6-11-23/h7-8,12-13H,3-6,9-11,14H2,1-2H3,(H,22,25)/b18-13-. The zero-order valence-electron chi connectivity index (χ0n) is 16.5. The summed E-state index contributed by atoms with van der Waals surface area (Å²) in [7, 11) is 0. The summed E-state index contributed by atoms with van der Waals surface area (Å²) in [6.07, 6.45) is 6.03. The normalized spacial score (nSPS) is 18.4. The van der Waals surface area contributed by atoms with Crippen molar-refractivity contribution in [3.63, 3.8) is 0 Å². The molecule has 2 aliphatic heterocycles. The van der Waals surface area contributed by atoms with Crippen LogP contribution in [-0.4, -0.2) is 48.1 Å². The highest BCUT2D eigenvalue weighted by atomic mass is 32.2. The van der Waals surface area contributed by atoms with Gasteiger partial charge in [0.25, 0.3) is 11.1 Å². The molecule has 0 atom stereocenters. The van der Waals surface area contributed by atoms with Crippen LogP contribution < -0.4 is 10.2 Å². The first-order valence-corrected chi connectivity index (χ1v) is 10.7. The third-order valence-electron chi connectivity index (χ3n) is 4.99. The van der Waals surface area contributed by atoms with E-state index in [9.17, 15) is 14.4 Å². The maximum atomic E-state index is 12.6. The summed E-state index contributed by atoms with van der Waals surface area (Å²) in [6.45, 7) is 6.60. The number of aryl methyl sites for hydroxylation is 1. The van der Waals surface area contributed by atoms with Crippen LogP contribution in [0.3, 0.4) is 0 Å². The minimum absolute atomic E-state index is 0.224. The zero-order valence-corrected chi connectivity index (χ0v) is 17.3. The Balaban J connectivity index is 1.67. The minimum atomic E-state index is -0.401. The van der Waals surface area contributed by atoms with Crippen molar-refractivity contribution in [1.29, 1.82) is 0 Å². The molecule has 0 radical (unpaired) electrons. The van der Waals surface area contributed by atoms with Crippen molar-refractivity contribution in [2.75, 3.05) is 31.1 Å². The highest BCUT2D eigenvalue weighted by Crippen LogP contribution is 2.33. The second-order valence-corrected chi connectivity index (χ2v) is 8.20. The zero-order chi connectivity index (χ0) is 20.1. The van der Waals surface area contributed by atoms with Gasteiger partial charge in [-0.15, -0.1) is 0 Å². The van der Waals surface area contributed by atoms with Crippen LogP contribution >= 0.6 is 11.8 Å². The fraction of sp³-hybridized carbons (Fsp3) is 0.476. The largest absolute Gasteiger partial charge is 0.371 e. The van der Waals surface area contributed by atoms with Crippen molar-refractivity contribution >= 4 is 40.6 Å². The van der Waals surface area contributed by atoms with Gasteiger partial charge in [0.1, 0.15) is 6.54 Å². The van der Waals surface area contributed by atoms with Crippen LogP contribution in [0.1, 0.15) is 43.7 Å². The fourth-order valence-corrected chi connectivity index (χ4v) is 4.31. The van der Waals surface area contributed by atoms with Crippen LogP contribution in [0.15, 0.2) is 23.1 Å². The second kappa shape index (κ2) is 9.28. The lowest BCUT2D eigenvalue weighted by Gasteiger charge is -2.20. The number of imide groups is 1. The third kappa shape index (κ3) is 4.76. The Morgan fingerprint density at radius 2 is 2.00 bits per heavy atom. The van der Waals surface area contributed by atoms with Crippen molar-refractivity contribution in [2.24, 2.45) is 0 Å². The van der Waals surface area contributed by atoms with Crippen LogP contribution in [0.4, 0.5) is 10.5 Å². The fourth-order valence-electron chi connectivity index (χ4n) is 3.47. The summed E-state index contributed by atoms with van der Waals surface area (Å²) in [5.74, 6) is -0.704. The summed E-state index contributed by atoms with van der Waals surface area (Å²) in [4.78, 5) is 40.5. The first kappa shape index (κ1) is 20.5. The highest BCUT2D eigenvalue weighted by molar-refractivity contribution is 8.18. The lowest BCUT2D eigenvalue weighted by molar-refractivity contribution is -0.129. The second-order valence-electron chi connectivity index (χ2n) is 7.21. The van der Waals surface area contributed by atoms with Gasteiger partial charge >= 0.3 is 0 Å². The van der Waals surface area contributed by atoms with Gasteiger partial charge in [-0.25, -0.2) is 0 Å². The molecule has 3 amide bonds. The van der Waals surface area contributed by atoms with Crippen LogP contribution in [0, 0.1) is 6.92 Å². The van der Waals surface area contributed by atoms with Gasteiger partial charge in [0.2, 0.25) is 5.91 Å². The topological polar surface area (TPSA) is 69.7 Å². The van der Waals surface area contributed by atoms with Crippen LogP contribution in [0.2, 0.25) is 0 Å². The molecule has 0 aromatic heterocycles. The Labute approximate surface area is 170 Å². The Morgan fingerprint density at radius 1 is 1.25 bits per heavy atom. The van der Waals surface area contributed by atoms with Gasteiger partial charge in [0.15, 0.2) is 0 Å². The van der Waals surface area contributed by atoms with E-state index >= 15 is 0 Å². The molecule has 2 heterocycles. The molecule has 0 bridgehead atoms. The van der Waals surface area contributed by atoms with Crippen molar-refractivity contribution < 1.29 is 14.4 Å². The van der Waals surface area contributed by atoms with Crippen molar-refractivity contribution in [1.82, 2.24) is 10.2 Å². The number of amides is 3. The van der Waals surface area contributed by atoms with E-state index in [1.807, 2.05) is 19.1 Å². The predicted octanol–water partition coefficient (Wildman–Crippen LogP) is 3.55. The molecule has 2 saturated heterocycles. The Hall–Kier alpha value is -2.28. The highest BCUT2D eigenvalue weighted by Gasteiger charge is 2.36. The number of thioether (sulfide) groups is 1. The van der Waals surface area contributed by atoms with Crippen LogP contribution in [0.25, 0.3) is 6.08 Å². The summed E-state index contributed by atoms with van der Waals surface area (Å²) in [5, 5.41) is 2.34. The average molecular weight is 402 g/mol. The number of hydrogen-bond acceptors (Lipinski definition) is 5. The van der Waals surface area contributed by atoms with Crippen molar-refractivity contribution in [3.05, 3.63) is 34.2 Å². The number of anilines is 1. The van der Waals surface area contributed by atoms with Crippen molar-refractivity contribution in [3.8, 4) is 0 Å². The quantitative estimate of drug-likeness (QED) is 0.559. The molecule has 0 spiro atoms. The molecule has 0 aliphatic carbocycles. The number of nitrogens with one attached hydrogen (secondary N) is 1. The van der Waals surface area contributed by atoms with Gasteiger partial charge in [-0.1, -0.05) is 19.4 Å². The molecule has 2 fully saturated rings. The smallest absolute Gasteiger partial charge is 0.294 e. The SMILES string of the molecule is CCCCNC(=O)CN1C(=O)S/C(=C\c2ccc(N3CCCC3)c(C)c2)C1=O. The molecule has 1 N–H and O–H groups in total. The van der Waals surface area contributed by atoms with Gasteiger partial charge in [0, 0.05) is 25.3 Å². The van der Waals surface area contributed by atoms with E-state index in [4.69, 9.17) is 0 Å². The number of carbonyl (C=O) groups excluding carboxylic acids is 3. The first-order valence-electron chi connectivity index (χ1n) is 9.87. The van der Waals surface area contributed by atoms with E-state index < -0.39 is 11.1 Å². The van der Waals surface area contributed by atoms with Gasteiger partial charge < -0.3 is 10.2 Å². The molecular formula is C21H27N3O3S. The molecule has 3 rings (SSSR count). The predicted molar refractivity (Wildman–Crippen MR) is 113 cm³/mol. The van der Waals surface area contributed by atoms with Gasteiger partial charge in [0.05, 0.1) is 4.91 Å². The van der Waals surface area contributed by atoms with E-state index in [1.165, 1.54) is 18.5 Å².